The second kappa shape index (κ2) is 6.60. The van der Waals surface area contributed by atoms with E-state index in [0.717, 1.165) is 26.3 Å². The van der Waals surface area contributed by atoms with Crippen molar-refractivity contribution in [2.45, 2.75) is 19.4 Å². The van der Waals surface area contributed by atoms with Gasteiger partial charge in [0.25, 0.3) is 0 Å². The Hall–Kier alpha value is -0.850. The molecule has 0 aromatic rings. The predicted molar refractivity (Wildman–Crippen MR) is 56.2 cm³/mol. The number of carboxylic acid groups (broad SMARTS) is 2. The van der Waals surface area contributed by atoms with Gasteiger partial charge in [-0.1, -0.05) is 0 Å². The fraction of sp³-hybridized carbons (Fsp3) is 0.889. The molecule has 0 aromatic carbocycles. The number of nitrogens with two attached hydrogens (primary N) is 1. The van der Waals surface area contributed by atoms with Gasteiger partial charge < -0.3 is 20.7 Å². The van der Waals surface area contributed by atoms with E-state index in [-0.39, 0.29) is 5.54 Å². The number of rotatable bonds is 2. The average molecular weight is 220 g/mol. The Bertz CT molecular complexity index is 187. The summed E-state index contributed by atoms with van der Waals surface area (Å²) in [4.78, 5) is 10.9. The Morgan fingerprint density at radius 3 is 2.13 bits per heavy atom. The van der Waals surface area contributed by atoms with Gasteiger partial charge in [-0.25, -0.2) is 4.79 Å². The van der Waals surface area contributed by atoms with Crippen molar-refractivity contribution < 1.29 is 19.7 Å². The lowest BCUT2D eigenvalue weighted by atomic mass is 10.0. The topological polar surface area (TPSA) is 96.0 Å². The highest BCUT2D eigenvalue weighted by molar-refractivity contribution is 5.53. The Kier molecular flexibility index (Phi) is 6.23. The minimum atomic E-state index is -1.83. The first-order valence-electron chi connectivity index (χ1n) is 4.85. The van der Waals surface area contributed by atoms with Crippen molar-refractivity contribution in [1.82, 2.24) is 4.90 Å². The minimum absolute atomic E-state index is 0.143. The minimum Gasteiger partial charge on any atom is -0.450 e. The van der Waals surface area contributed by atoms with Crippen molar-refractivity contribution in [3.8, 4) is 0 Å². The average Bonchev–Trinajstić information content (AvgIpc) is 2.18. The molecule has 0 saturated carbocycles. The largest absolute Gasteiger partial charge is 0.503 e. The van der Waals surface area contributed by atoms with E-state index in [2.05, 4.69) is 18.7 Å². The van der Waals surface area contributed by atoms with Gasteiger partial charge in [0, 0.05) is 25.2 Å². The zero-order valence-corrected chi connectivity index (χ0v) is 9.27. The fourth-order valence-electron chi connectivity index (χ4n) is 1.30. The lowest BCUT2D eigenvalue weighted by Crippen LogP contribution is -2.53. The van der Waals surface area contributed by atoms with Crippen LogP contribution < -0.4 is 5.73 Å². The van der Waals surface area contributed by atoms with Crippen LogP contribution in [0.3, 0.4) is 0 Å². The normalized spacial score (nSPS) is 17.8. The smallest absolute Gasteiger partial charge is 0.450 e. The molecule has 0 atom stereocenters. The second-order valence-electron chi connectivity index (χ2n) is 3.90. The maximum Gasteiger partial charge on any atom is 0.503 e. The van der Waals surface area contributed by atoms with Crippen LogP contribution in [0, 0.1) is 0 Å². The van der Waals surface area contributed by atoms with E-state index in [1.54, 1.807) is 0 Å². The number of hydrogen-bond acceptors (Lipinski definition) is 4. The highest BCUT2D eigenvalue weighted by Gasteiger charge is 2.26. The molecular formula is C9H20N2O4. The van der Waals surface area contributed by atoms with Crippen molar-refractivity contribution in [2.75, 3.05) is 32.8 Å². The maximum atomic E-state index is 8.56. The van der Waals surface area contributed by atoms with Crippen LogP contribution in [0.5, 0.6) is 0 Å². The van der Waals surface area contributed by atoms with E-state index in [4.69, 9.17) is 25.5 Å². The van der Waals surface area contributed by atoms with Crippen LogP contribution in [0.4, 0.5) is 4.79 Å². The second-order valence-corrected chi connectivity index (χ2v) is 3.90. The maximum absolute atomic E-state index is 8.56. The van der Waals surface area contributed by atoms with Crippen LogP contribution in [-0.4, -0.2) is 59.7 Å². The summed E-state index contributed by atoms with van der Waals surface area (Å²) in [5.41, 5.74) is 5.80. The molecule has 0 aliphatic carbocycles. The summed E-state index contributed by atoms with van der Waals surface area (Å²) in [5.74, 6) is 0. The number of ether oxygens (including phenoxy) is 1. The SMILES string of the molecule is CC(C)(CN)N1CCOCC1.O=C(O)O. The molecule has 6 nitrogen and oxygen atoms in total. The molecule has 0 spiro atoms. The lowest BCUT2D eigenvalue weighted by molar-refractivity contribution is -0.00696. The summed E-state index contributed by atoms with van der Waals surface area (Å²) >= 11 is 0. The van der Waals surface area contributed by atoms with E-state index in [1.165, 1.54) is 0 Å². The number of carbonyl (C=O) groups is 1. The molecule has 1 heterocycles. The van der Waals surface area contributed by atoms with Gasteiger partial charge in [0.1, 0.15) is 0 Å². The Morgan fingerprint density at radius 2 is 1.80 bits per heavy atom. The van der Waals surface area contributed by atoms with Gasteiger partial charge in [0.15, 0.2) is 0 Å². The Labute approximate surface area is 89.6 Å². The van der Waals surface area contributed by atoms with Gasteiger partial charge in [-0.15, -0.1) is 0 Å². The molecule has 90 valence electrons. The zero-order chi connectivity index (χ0) is 11.9. The molecule has 4 N–H and O–H groups in total. The van der Waals surface area contributed by atoms with Gasteiger partial charge in [-0.3, -0.25) is 4.90 Å². The molecule has 6 heteroatoms. The quantitative estimate of drug-likeness (QED) is 0.618. The standard InChI is InChI=1S/C8H18N2O.CH2O3/c1-8(2,7-9)10-3-5-11-6-4-10;2-1(3)4/h3-7,9H2,1-2H3;(H2,2,3,4). The Balaban J connectivity index is 0.000000423. The molecule has 1 rings (SSSR count). The monoisotopic (exact) mass is 220 g/mol. The van der Waals surface area contributed by atoms with Gasteiger partial charge in [0.05, 0.1) is 13.2 Å². The van der Waals surface area contributed by atoms with E-state index in [0.29, 0.717) is 6.54 Å². The highest BCUT2D eigenvalue weighted by Crippen LogP contribution is 2.13. The molecule has 0 radical (unpaired) electrons. The van der Waals surface area contributed by atoms with E-state index < -0.39 is 6.16 Å². The van der Waals surface area contributed by atoms with E-state index in [9.17, 15) is 0 Å². The number of hydrogen-bond donors (Lipinski definition) is 3. The third kappa shape index (κ3) is 6.27. The van der Waals surface area contributed by atoms with Crippen LogP contribution in [0.1, 0.15) is 13.8 Å². The summed E-state index contributed by atoms with van der Waals surface area (Å²) in [7, 11) is 0. The van der Waals surface area contributed by atoms with Gasteiger partial charge in [-0.2, -0.15) is 0 Å². The third-order valence-electron chi connectivity index (χ3n) is 2.37. The number of morpholine rings is 1. The predicted octanol–water partition coefficient (Wildman–Crippen LogP) is 0.278. The molecule has 1 fully saturated rings. The van der Waals surface area contributed by atoms with Gasteiger partial charge >= 0.3 is 6.16 Å². The number of nitrogens with zero attached hydrogens (tertiary/aromatic N) is 1. The van der Waals surface area contributed by atoms with Crippen molar-refractivity contribution in [3.63, 3.8) is 0 Å². The van der Waals surface area contributed by atoms with E-state index >= 15 is 0 Å². The molecular weight excluding hydrogens is 200 g/mol. The molecule has 1 saturated heterocycles. The van der Waals surface area contributed by atoms with Crippen molar-refractivity contribution >= 4 is 6.16 Å². The first-order chi connectivity index (χ1) is 6.90. The molecule has 1 aliphatic heterocycles. The summed E-state index contributed by atoms with van der Waals surface area (Å²) in [5, 5.41) is 13.9. The molecule has 0 amide bonds. The molecule has 1 aliphatic rings. The van der Waals surface area contributed by atoms with Crippen LogP contribution in [0.2, 0.25) is 0 Å². The van der Waals surface area contributed by atoms with Crippen LogP contribution >= 0.6 is 0 Å². The van der Waals surface area contributed by atoms with Crippen LogP contribution in [0.15, 0.2) is 0 Å². The Morgan fingerprint density at radius 1 is 1.40 bits per heavy atom. The molecule has 0 unspecified atom stereocenters. The first kappa shape index (κ1) is 14.2. The highest BCUT2D eigenvalue weighted by atomic mass is 16.6. The summed E-state index contributed by atoms with van der Waals surface area (Å²) in [6.45, 7) is 8.81. The molecule has 0 bridgehead atoms. The fourth-order valence-corrected chi connectivity index (χ4v) is 1.30. The zero-order valence-electron chi connectivity index (χ0n) is 9.27. The summed E-state index contributed by atoms with van der Waals surface area (Å²) < 4.78 is 5.26. The lowest BCUT2D eigenvalue weighted by Gasteiger charge is -2.39. The van der Waals surface area contributed by atoms with Crippen LogP contribution in [-0.2, 0) is 4.74 Å². The van der Waals surface area contributed by atoms with Crippen molar-refractivity contribution in [3.05, 3.63) is 0 Å². The molecule has 15 heavy (non-hydrogen) atoms. The molecule has 0 aromatic heterocycles. The van der Waals surface area contributed by atoms with Gasteiger partial charge in [-0.05, 0) is 13.8 Å². The van der Waals surface area contributed by atoms with Crippen molar-refractivity contribution in [1.29, 1.82) is 0 Å². The first-order valence-corrected chi connectivity index (χ1v) is 4.85. The summed E-state index contributed by atoms with van der Waals surface area (Å²) in [6, 6.07) is 0. The van der Waals surface area contributed by atoms with Gasteiger partial charge in [0.2, 0.25) is 0 Å². The summed E-state index contributed by atoms with van der Waals surface area (Å²) in [6.07, 6.45) is -1.83. The van der Waals surface area contributed by atoms with Crippen LogP contribution in [0.25, 0.3) is 0 Å². The third-order valence-corrected chi connectivity index (χ3v) is 2.37. The van der Waals surface area contributed by atoms with Crippen molar-refractivity contribution in [2.24, 2.45) is 5.73 Å². The van der Waals surface area contributed by atoms with E-state index in [1.807, 2.05) is 0 Å².